The van der Waals surface area contributed by atoms with Gasteiger partial charge in [0, 0.05) is 11.6 Å². The molecule has 1 aromatic heterocycles. The monoisotopic (exact) mass is 256 g/mol. The van der Waals surface area contributed by atoms with E-state index in [0.717, 1.165) is 6.07 Å². The molecule has 0 aliphatic heterocycles. The van der Waals surface area contributed by atoms with Crippen molar-refractivity contribution in [3.05, 3.63) is 41.8 Å². The average Bonchev–Trinajstić information content (AvgIpc) is 2.77. The number of aromatic nitrogens is 1. The number of benzene rings is 1. The summed E-state index contributed by atoms with van der Waals surface area (Å²) in [5.41, 5.74) is 5.14. The third-order valence-electron chi connectivity index (χ3n) is 2.45. The SMILES string of the molecule is CC(N)c1coc(-c2ccccc2C(F)(F)F)n1. The first-order valence-corrected chi connectivity index (χ1v) is 5.27. The minimum atomic E-state index is -4.44. The number of alkyl halides is 3. The van der Waals surface area contributed by atoms with E-state index in [1.54, 1.807) is 6.92 Å². The maximum atomic E-state index is 12.8. The van der Waals surface area contributed by atoms with Gasteiger partial charge in [-0.1, -0.05) is 12.1 Å². The lowest BCUT2D eigenvalue weighted by Gasteiger charge is -2.09. The Bertz CT molecular complexity index is 546. The molecule has 0 aliphatic carbocycles. The standard InChI is InChI=1S/C12H11F3N2O/c1-7(16)10-6-18-11(17-10)8-4-2-3-5-9(8)12(13,14)15/h2-7H,16H2,1H3. The third kappa shape index (κ3) is 2.38. The zero-order valence-corrected chi connectivity index (χ0v) is 9.53. The number of nitrogens with two attached hydrogens (primary N) is 1. The molecule has 1 heterocycles. The predicted molar refractivity (Wildman–Crippen MR) is 59.5 cm³/mol. The highest BCUT2D eigenvalue weighted by Gasteiger charge is 2.34. The molecule has 0 spiro atoms. The largest absolute Gasteiger partial charge is 0.444 e. The van der Waals surface area contributed by atoms with Crippen molar-refractivity contribution < 1.29 is 17.6 Å². The smallest absolute Gasteiger partial charge is 0.417 e. The van der Waals surface area contributed by atoms with Crippen LogP contribution in [0.25, 0.3) is 11.5 Å². The molecule has 0 fully saturated rings. The summed E-state index contributed by atoms with van der Waals surface area (Å²) < 4.78 is 43.5. The minimum absolute atomic E-state index is 0.0739. The van der Waals surface area contributed by atoms with Crippen LogP contribution in [0.5, 0.6) is 0 Å². The Morgan fingerprint density at radius 2 is 1.94 bits per heavy atom. The van der Waals surface area contributed by atoms with Crippen LogP contribution >= 0.6 is 0 Å². The first kappa shape index (κ1) is 12.6. The van der Waals surface area contributed by atoms with Crippen LogP contribution in [0, 0.1) is 0 Å². The summed E-state index contributed by atoms with van der Waals surface area (Å²) in [7, 11) is 0. The number of nitrogens with zero attached hydrogens (tertiary/aromatic N) is 1. The van der Waals surface area contributed by atoms with E-state index < -0.39 is 11.7 Å². The molecule has 0 aliphatic rings. The van der Waals surface area contributed by atoms with E-state index in [4.69, 9.17) is 10.2 Å². The quantitative estimate of drug-likeness (QED) is 0.896. The number of hydrogen-bond donors (Lipinski definition) is 1. The maximum absolute atomic E-state index is 12.8. The Morgan fingerprint density at radius 3 is 2.50 bits per heavy atom. The average molecular weight is 256 g/mol. The van der Waals surface area contributed by atoms with Crippen LogP contribution in [-0.2, 0) is 6.18 Å². The highest BCUT2D eigenvalue weighted by Crippen LogP contribution is 2.36. The molecule has 96 valence electrons. The summed E-state index contributed by atoms with van der Waals surface area (Å²) in [6.07, 6.45) is -3.17. The van der Waals surface area contributed by atoms with Gasteiger partial charge in [-0.05, 0) is 19.1 Å². The van der Waals surface area contributed by atoms with E-state index >= 15 is 0 Å². The topological polar surface area (TPSA) is 52.0 Å². The van der Waals surface area contributed by atoms with Crippen LogP contribution in [0.15, 0.2) is 34.9 Å². The van der Waals surface area contributed by atoms with Gasteiger partial charge in [0.25, 0.3) is 0 Å². The molecule has 0 radical (unpaired) electrons. The van der Waals surface area contributed by atoms with Crippen molar-refractivity contribution in [3.8, 4) is 11.5 Å². The summed E-state index contributed by atoms with van der Waals surface area (Å²) in [6.45, 7) is 1.68. The molecular weight excluding hydrogens is 245 g/mol. The highest BCUT2D eigenvalue weighted by molar-refractivity contribution is 5.59. The molecule has 6 heteroatoms. The van der Waals surface area contributed by atoms with Crippen molar-refractivity contribution in [3.63, 3.8) is 0 Å². The molecule has 1 unspecified atom stereocenters. The Hall–Kier alpha value is -1.82. The van der Waals surface area contributed by atoms with E-state index in [2.05, 4.69) is 4.98 Å². The molecule has 2 aromatic rings. The summed E-state index contributed by atoms with van der Waals surface area (Å²) in [5.74, 6) is -0.0739. The Balaban J connectivity index is 2.50. The van der Waals surface area contributed by atoms with Crippen molar-refractivity contribution in [2.24, 2.45) is 5.73 Å². The molecule has 0 saturated heterocycles. The molecule has 3 nitrogen and oxygen atoms in total. The van der Waals surface area contributed by atoms with E-state index in [-0.39, 0.29) is 17.5 Å². The number of hydrogen-bond acceptors (Lipinski definition) is 3. The van der Waals surface area contributed by atoms with Crippen LogP contribution < -0.4 is 5.73 Å². The van der Waals surface area contributed by atoms with Gasteiger partial charge in [0.2, 0.25) is 5.89 Å². The van der Waals surface area contributed by atoms with Crippen LogP contribution in [0.2, 0.25) is 0 Å². The number of oxazole rings is 1. The number of halogens is 3. The summed E-state index contributed by atoms with van der Waals surface area (Å²) in [5, 5.41) is 0. The third-order valence-corrected chi connectivity index (χ3v) is 2.45. The summed E-state index contributed by atoms with van der Waals surface area (Å²) in [4.78, 5) is 3.96. The van der Waals surface area contributed by atoms with Crippen molar-refractivity contribution >= 4 is 0 Å². The zero-order valence-electron chi connectivity index (χ0n) is 9.53. The fraction of sp³-hybridized carbons (Fsp3) is 0.250. The van der Waals surface area contributed by atoms with E-state index in [1.807, 2.05) is 0 Å². The van der Waals surface area contributed by atoms with E-state index in [9.17, 15) is 13.2 Å². The summed E-state index contributed by atoms with van der Waals surface area (Å²) in [6, 6.07) is 4.74. The molecule has 0 saturated carbocycles. The second-order valence-electron chi connectivity index (χ2n) is 3.91. The van der Waals surface area contributed by atoms with Crippen molar-refractivity contribution in [1.82, 2.24) is 4.98 Å². The fourth-order valence-electron chi connectivity index (χ4n) is 1.54. The number of rotatable bonds is 2. The lowest BCUT2D eigenvalue weighted by Crippen LogP contribution is -2.07. The Kier molecular flexibility index (Phi) is 3.13. The molecular formula is C12H11F3N2O. The Labute approximate surface area is 101 Å². The van der Waals surface area contributed by atoms with Crippen LogP contribution in [0.1, 0.15) is 24.2 Å². The van der Waals surface area contributed by atoms with Crippen LogP contribution in [0.3, 0.4) is 0 Å². The van der Waals surface area contributed by atoms with E-state index in [0.29, 0.717) is 5.69 Å². The molecule has 1 atom stereocenters. The van der Waals surface area contributed by atoms with Gasteiger partial charge in [-0.15, -0.1) is 0 Å². The first-order valence-electron chi connectivity index (χ1n) is 5.27. The van der Waals surface area contributed by atoms with Crippen molar-refractivity contribution in [1.29, 1.82) is 0 Å². The lowest BCUT2D eigenvalue weighted by molar-refractivity contribution is -0.137. The second-order valence-corrected chi connectivity index (χ2v) is 3.91. The lowest BCUT2D eigenvalue weighted by atomic mass is 10.1. The molecule has 0 bridgehead atoms. The van der Waals surface area contributed by atoms with Gasteiger partial charge in [-0.2, -0.15) is 13.2 Å². The predicted octanol–water partition coefficient (Wildman–Crippen LogP) is 3.38. The van der Waals surface area contributed by atoms with Crippen LogP contribution in [0.4, 0.5) is 13.2 Å². The minimum Gasteiger partial charge on any atom is -0.444 e. The second kappa shape index (κ2) is 4.45. The van der Waals surface area contributed by atoms with Crippen molar-refractivity contribution in [2.45, 2.75) is 19.1 Å². The van der Waals surface area contributed by atoms with Gasteiger partial charge in [0.05, 0.1) is 11.3 Å². The Morgan fingerprint density at radius 1 is 1.28 bits per heavy atom. The molecule has 0 amide bonds. The molecule has 18 heavy (non-hydrogen) atoms. The molecule has 2 rings (SSSR count). The highest BCUT2D eigenvalue weighted by atomic mass is 19.4. The van der Waals surface area contributed by atoms with Gasteiger partial charge in [-0.3, -0.25) is 0 Å². The zero-order chi connectivity index (χ0) is 13.3. The van der Waals surface area contributed by atoms with Gasteiger partial charge < -0.3 is 10.2 Å². The van der Waals surface area contributed by atoms with Gasteiger partial charge in [-0.25, -0.2) is 4.98 Å². The molecule has 1 aromatic carbocycles. The normalized spacial score (nSPS) is 13.6. The van der Waals surface area contributed by atoms with Gasteiger partial charge in [0.1, 0.15) is 6.26 Å². The van der Waals surface area contributed by atoms with Gasteiger partial charge >= 0.3 is 6.18 Å². The first-order chi connectivity index (χ1) is 8.39. The van der Waals surface area contributed by atoms with E-state index in [1.165, 1.54) is 24.5 Å². The fourth-order valence-corrected chi connectivity index (χ4v) is 1.54. The maximum Gasteiger partial charge on any atom is 0.417 e. The van der Waals surface area contributed by atoms with Crippen molar-refractivity contribution in [2.75, 3.05) is 0 Å². The van der Waals surface area contributed by atoms with Crippen LogP contribution in [-0.4, -0.2) is 4.98 Å². The van der Waals surface area contributed by atoms with Gasteiger partial charge in [0.15, 0.2) is 0 Å². The summed E-state index contributed by atoms with van der Waals surface area (Å²) >= 11 is 0. The molecule has 2 N–H and O–H groups in total.